The second-order valence-electron chi connectivity index (χ2n) is 5.40. The summed E-state index contributed by atoms with van der Waals surface area (Å²) in [6.45, 7) is 3.45. The van der Waals surface area contributed by atoms with E-state index in [0.717, 1.165) is 5.96 Å². The minimum Gasteiger partial charge on any atom is -0.380 e. The highest BCUT2D eigenvalue weighted by atomic mass is 16.5. The summed E-state index contributed by atoms with van der Waals surface area (Å²) < 4.78 is 5.25. The number of ether oxygens (including phenoxy) is 1. The summed E-state index contributed by atoms with van der Waals surface area (Å²) in [6.07, 6.45) is 0. The summed E-state index contributed by atoms with van der Waals surface area (Å²) >= 11 is 0. The van der Waals surface area contributed by atoms with Gasteiger partial charge in [-0.25, -0.2) is 0 Å². The van der Waals surface area contributed by atoms with Crippen LogP contribution in [0.2, 0.25) is 0 Å². The Labute approximate surface area is 138 Å². The van der Waals surface area contributed by atoms with Crippen LogP contribution >= 0.6 is 0 Å². The van der Waals surface area contributed by atoms with Crippen molar-refractivity contribution in [1.29, 1.82) is 0 Å². The molecule has 0 saturated carbocycles. The standard InChI is InChI=1S/C19H25N3O/c1-15(16-9-5-4-6-10-16)22-19(20-2)21-13-17-11-7-8-12-18(17)14-23-3/h4-12,15H,13-14H2,1-3H3,(H2,20,21,22). The number of nitrogens with one attached hydrogen (secondary N) is 2. The van der Waals surface area contributed by atoms with Crippen LogP contribution < -0.4 is 10.6 Å². The van der Waals surface area contributed by atoms with E-state index in [2.05, 4.69) is 46.8 Å². The van der Waals surface area contributed by atoms with Gasteiger partial charge in [-0.05, 0) is 23.6 Å². The Kier molecular flexibility index (Phi) is 6.63. The van der Waals surface area contributed by atoms with E-state index < -0.39 is 0 Å². The predicted molar refractivity (Wildman–Crippen MR) is 95.3 cm³/mol. The molecule has 0 heterocycles. The third-order valence-corrected chi connectivity index (χ3v) is 3.74. The van der Waals surface area contributed by atoms with Crippen LogP contribution in [0.4, 0.5) is 0 Å². The minimum atomic E-state index is 0.191. The maximum atomic E-state index is 5.25. The molecular weight excluding hydrogens is 286 g/mol. The Morgan fingerprint density at radius 2 is 1.70 bits per heavy atom. The highest BCUT2D eigenvalue weighted by molar-refractivity contribution is 5.80. The lowest BCUT2D eigenvalue weighted by molar-refractivity contribution is 0.184. The smallest absolute Gasteiger partial charge is 0.191 e. The summed E-state index contributed by atoms with van der Waals surface area (Å²) in [5.41, 5.74) is 3.63. The van der Waals surface area contributed by atoms with Crippen LogP contribution in [-0.4, -0.2) is 20.1 Å². The molecule has 0 radical (unpaired) electrons. The zero-order chi connectivity index (χ0) is 16.5. The molecule has 2 aromatic carbocycles. The molecule has 0 aliphatic rings. The molecule has 0 amide bonds. The van der Waals surface area contributed by atoms with E-state index in [-0.39, 0.29) is 6.04 Å². The fourth-order valence-electron chi connectivity index (χ4n) is 2.43. The van der Waals surface area contributed by atoms with Gasteiger partial charge in [-0.2, -0.15) is 0 Å². The average Bonchev–Trinajstić information content (AvgIpc) is 2.60. The van der Waals surface area contributed by atoms with E-state index in [4.69, 9.17) is 4.74 Å². The van der Waals surface area contributed by atoms with E-state index in [0.29, 0.717) is 13.2 Å². The van der Waals surface area contributed by atoms with Crippen LogP contribution in [-0.2, 0) is 17.9 Å². The zero-order valence-corrected chi connectivity index (χ0v) is 14.0. The van der Waals surface area contributed by atoms with Gasteiger partial charge in [0.15, 0.2) is 5.96 Å². The Bertz CT molecular complexity index is 626. The summed E-state index contributed by atoms with van der Waals surface area (Å²) in [7, 11) is 3.50. The number of methoxy groups -OCH3 is 1. The molecule has 0 aliphatic carbocycles. The minimum absolute atomic E-state index is 0.191. The molecule has 122 valence electrons. The van der Waals surface area contributed by atoms with E-state index in [1.165, 1.54) is 16.7 Å². The van der Waals surface area contributed by atoms with E-state index in [9.17, 15) is 0 Å². The van der Waals surface area contributed by atoms with Gasteiger partial charge in [0.2, 0.25) is 0 Å². The molecule has 0 saturated heterocycles. The fraction of sp³-hybridized carbons (Fsp3) is 0.316. The van der Waals surface area contributed by atoms with Crippen LogP contribution in [0.5, 0.6) is 0 Å². The van der Waals surface area contributed by atoms with Crippen molar-refractivity contribution in [1.82, 2.24) is 10.6 Å². The maximum Gasteiger partial charge on any atom is 0.191 e. The quantitative estimate of drug-likeness (QED) is 0.636. The number of guanidine groups is 1. The number of nitrogens with zero attached hydrogens (tertiary/aromatic N) is 1. The van der Waals surface area contributed by atoms with Crippen LogP contribution in [0.15, 0.2) is 59.6 Å². The molecule has 23 heavy (non-hydrogen) atoms. The lowest BCUT2D eigenvalue weighted by Crippen LogP contribution is -2.38. The molecule has 0 aliphatic heterocycles. The highest BCUT2D eigenvalue weighted by Crippen LogP contribution is 2.12. The summed E-state index contributed by atoms with van der Waals surface area (Å²) in [4.78, 5) is 4.31. The van der Waals surface area contributed by atoms with Gasteiger partial charge in [0, 0.05) is 20.7 Å². The van der Waals surface area contributed by atoms with Gasteiger partial charge >= 0.3 is 0 Å². The Morgan fingerprint density at radius 1 is 1.04 bits per heavy atom. The molecule has 2 N–H and O–H groups in total. The Balaban J connectivity index is 1.96. The molecule has 0 bridgehead atoms. The topological polar surface area (TPSA) is 45.7 Å². The van der Waals surface area contributed by atoms with Crippen molar-refractivity contribution < 1.29 is 4.74 Å². The van der Waals surface area contributed by atoms with Gasteiger partial charge in [0.05, 0.1) is 12.6 Å². The molecule has 4 nitrogen and oxygen atoms in total. The van der Waals surface area contributed by atoms with Gasteiger partial charge in [-0.3, -0.25) is 4.99 Å². The lowest BCUT2D eigenvalue weighted by atomic mass is 10.1. The van der Waals surface area contributed by atoms with Gasteiger partial charge in [0.1, 0.15) is 0 Å². The number of aliphatic imine (C=N–C) groups is 1. The van der Waals surface area contributed by atoms with Crippen molar-refractivity contribution in [2.24, 2.45) is 4.99 Å². The molecule has 2 aromatic rings. The second kappa shape index (κ2) is 8.96. The molecule has 0 fully saturated rings. The van der Waals surface area contributed by atoms with E-state index >= 15 is 0 Å². The SMILES string of the molecule is CN=C(NCc1ccccc1COC)NC(C)c1ccccc1. The largest absolute Gasteiger partial charge is 0.380 e. The Morgan fingerprint density at radius 3 is 2.35 bits per heavy atom. The summed E-state index contributed by atoms with van der Waals surface area (Å²) in [5, 5.41) is 6.78. The normalized spacial score (nSPS) is 12.7. The van der Waals surface area contributed by atoms with Crippen LogP contribution in [0.1, 0.15) is 29.7 Å². The molecule has 0 aromatic heterocycles. The zero-order valence-electron chi connectivity index (χ0n) is 14.0. The molecule has 2 rings (SSSR count). The molecule has 4 heteroatoms. The van der Waals surface area contributed by atoms with Crippen LogP contribution in [0.3, 0.4) is 0 Å². The second-order valence-corrected chi connectivity index (χ2v) is 5.40. The molecule has 1 atom stereocenters. The molecular formula is C19H25N3O. The van der Waals surface area contributed by atoms with Gasteiger partial charge in [-0.1, -0.05) is 54.6 Å². The number of hydrogen-bond donors (Lipinski definition) is 2. The third-order valence-electron chi connectivity index (χ3n) is 3.74. The van der Waals surface area contributed by atoms with Crippen molar-refractivity contribution in [3.63, 3.8) is 0 Å². The van der Waals surface area contributed by atoms with Crippen molar-refractivity contribution in [2.45, 2.75) is 26.1 Å². The first-order valence-corrected chi connectivity index (χ1v) is 7.82. The molecule has 0 spiro atoms. The average molecular weight is 311 g/mol. The van der Waals surface area contributed by atoms with E-state index in [1.54, 1.807) is 14.2 Å². The third kappa shape index (κ3) is 5.11. The van der Waals surface area contributed by atoms with Crippen molar-refractivity contribution >= 4 is 5.96 Å². The van der Waals surface area contributed by atoms with Gasteiger partial charge in [0.25, 0.3) is 0 Å². The lowest BCUT2D eigenvalue weighted by Gasteiger charge is -2.19. The van der Waals surface area contributed by atoms with Crippen molar-refractivity contribution in [2.75, 3.05) is 14.2 Å². The summed E-state index contributed by atoms with van der Waals surface area (Å²) in [5.74, 6) is 0.786. The van der Waals surface area contributed by atoms with Gasteiger partial charge < -0.3 is 15.4 Å². The predicted octanol–water partition coefficient (Wildman–Crippen LogP) is 3.26. The van der Waals surface area contributed by atoms with Crippen LogP contribution in [0, 0.1) is 0 Å². The number of rotatable bonds is 6. The first-order chi connectivity index (χ1) is 11.2. The monoisotopic (exact) mass is 311 g/mol. The summed E-state index contributed by atoms with van der Waals surface area (Å²) in [6, 6.07) is 18.8. The Hall–Kier alpha value is -2.33. The van der Waals surface area contributed by atoms with E-state index in [1.807, 2.05) is 30.3 Å². The van der Waals surface area contributed by atoms with Gasteiger partial charge in [-0.15, -0.1) is 0 Å². The van der Waals surface area contributed by atoms with Crippen molar-refractivity contribution in [3.05, 3.63) is 71.3 Å². The number of hydrogen-bond acceptors (Lipinski definition) is 2. The van der Waals surface area contributed by atoms with Crippen molar-refractivity contribution in [3.8, 4) is 0 Å². The highest BCUT2D eigenvalue weighted by Gasteiger charge is 2.08. The first kappa shape index (κ1) is 17.0. The first-order valence-electron chi connectivity index (χ1n) is 7.82. The van der Waals surface area contributed by atoms with Crippen LogP contribution in [0.25, 0.3) is 0 Å². The molecule has 1 unspecified atom stereocenters. The maximum absolute atomic E-state index is 5.25. The number of benzene rings is 2. The fourth-order valence-corrected chi connectivity index (χ4v) is 2.43.